The Kier molecular flexibility index (Phi) is 3.13. The van der Waals surface area contributed by atoms with Gasteiger partial charge >= 0.3 is 0 Å². The zero-order valence-corrected chi connectivity index (χ0v) is 8.87. The van der Waals surface area contributed by atoms with E-state index in [1.807, 2.05) is 0 Å². The summed E-state index contributed by atoms with van der Waals surface area (Å²) in [6.07, 6.45) is 0.378. The summed E-state index contributed by atoms with van der Waals surface area (Å²) in [6, 6.07) is 1.74. The molecule has 2 heteroatoms. The zero-order chi connectivity index (χ0) is 9.30. The second kappa shape index (κ2) is 3.75. The Hall–Kier alpha value is -0.0800. The Morgan fingerprint density at radius 2 is 1.83 bits per heavy atom. The minimum Gasteiger partial charge on any atom is -0.375 e. The lowest BCUT2D eigenvalue weighted by Crippen LogP contribution is -2.56. The van der Waals surface area contributed by atoms with Crippen LogP contribution in [-0.4, -0.2) is 35.7 Å². The van der Waals surface area contributed by atoms with Gasteiger partial charge in [0.05, 0.1) is 12.7 Å². The summed E-state index contributed by atoms with van der Waals surface area (Å²) >= 11 is 0. The molecule has 1 aliphatic rings. The first-order valence-corrected chi connectivity index (χ1v) is 4.93. The van der Waals surface area contributed by atoms with Gasteiger partial charge in [-0.25, -0.2) is 0 Å². The normalized spacial score (nSPS) is 39.0. The molecule has 0 radical (unpaired) electrons. The van der Waals surface area contributed by atoms with Crippen LogP contribution in [0.15, 0.2) is 0 Å². The van der Waals surface area contributed by atoms with Crippen molar-refractivity contribution < 1.29 is 4.74 Å². The molecular weight excluding hydrogens is 150 g/mol. The molecule has 1 fully saturated rings. The maximum Gasteiger partial charge on any atom is 0.0700 e. The molecule has 0 aromatic rings. The second-order valence-electron chi connectivity index (χ2n) is 4.17. The third-order valence-electron chi connectivity index (χ3n) is 2.86. The van der Waals surface area contributed by atoms with E-state index in [2.05, 4.69) is 39.5 Å². The summed E-state index contributed by atoms with van der Waals surface area (Å²) < 4.78 is 5.64. The molecule has 0 unspecified atom stereocenters. The van der Waals surface area contributed by atoms with Crippen LogP contribution in [0.25, 0.3) is 0 Å². The lowest BCUT2D eigenvalue weighted by Gasteiger charge is -2.44. The standard InChI is InChI=1S/C10H21NO/c1-7(2)11-8(3)6-12-10(5)9(11)4/h7-10H,6H2,1-5H3/t8-,9+,10+/m1/s1. The third-order valence-corrected chi connectivity index (χ3v) is 2.86. The Labute approximate surface area is 75.9 Å². The summed E-state index contributed by atoms with van der Waals surface area (Å²) in [4.78, 5) is 2.54. The predicted octanol–water partition coefficient (Wildman–Crippen LogP) is 1.89. The molecule has 2 nitrogen and oxygen atoms in total. The lowest BCUT2D eigenvalue weighted by atomic mass is 10.0. The highest BCUT2D eigenvalue weighted by Gasteiger charge is 2.31. The Morgan fingerprint density at radius 1 is 1.25 bits per heavy atom. The number of rotatable bonds is 1. The highest BCUT2D eigenvalue weighted by atomic mass is 16.5. The van der Waals surface area contributed by atoms with Crippen molar-refractivity contribution in [3.8, 4) is 0 Å². The topological polar surface area (TPSA) is 12.5 Å². The summed E-state index contributed by atoms with van der Waals surface area (Å²) in [6.45, 7) is 12.0. The first-order chi connectivity index (χ1) is 5.54. The van der Waals surface area contributed by atoms with Gasteiger partial charge < -0.3 is 4.74 Å². The van der Waals surface area contributed by atoms with Crippen LogP contribution >= 0.6 is 0 Å². The number of hydrogen-bond donors (Lipinski definition) is 0. The van der Waals surface area contributed by atoms with E-state index < -0.39 is 0 Å². The van der Waals surface area contributed by atoms with Gasteiger partial charge in [-0.1, -0.05) is 0 Å². The van der Waals surface area contributed by atoms with E-state index in [-0.39, 0.29) is 0 Å². The monoisotopic (exact) mass is 171 g/mol. The van der Waals surface area contributed by atoms with Gasteiger partial charge in [-0.05, 0) is 34.6 Å². The summed E-state index contributed by atoms with van der Waals surface area (Å²) in [5, 5.41) is 0. The van der Waals surface area contributed by atoms with Crippen molar-refractivity contribution >= 4 is 0 Å². The molecule has 0 bridgehead atoms. The van der Waals surface area contributed by atoms with E-state index in [1.165, 1.54) is 0 Å². The number of ether oxygens (including phenoxy) is 1. The van der Waals surface area contributed by atoms with Crippen LogP contribution in [0.5, 0.6) is 0 Å². The molecule has 0 aliphatic carbocycles. The van der Waals surface area contributed by atoms with E-state index in [0.717, 1.165) is 6.61 Å². The fraction of sp³-hybridized carbons (Fsp3) is 1.00. The minimum absolute atomic E-state index is 0.378. The Morgan fingerprint density at radius 3 is 2.25 bits per heavy atom. The smallest absolute Gasteiger partial charge is 0.0700 e. The zero-order valence-electron chi connectivity index (χ0n) is 8.87. The van der Waals surface area contributed by atoms with Crippen molar-refractivity contribution in [2.45, 2.75) is 58.8 Å². The maximum atomic E-state index is 5.64. The van der Waals surface area contributed by atoms with Gasteiger partial charge in [0.15, 0.2) is 0 Å². The number of hydrogen-bond acceptors (Lipinski definition) is 2. The van der Waals surface area contributed by atoms with Crippen LogP contribution in [0.4, 0.5) is 0 Å². The minimum atomic E-state index is 0.378. The maximum absolute atomic E-state index is 5.64. The van der Waals surface area contributed by atoms with Gasteiger partial charge in [-0.3, -0.25) is 4.90 Å². The van der Waals surface area contributed by atoms with Gasteiger partial charge in [-0.15, -0.1) is 0 Å². The molecule has 0 aromatic carbocycles. The molecule has 0 N–H and O–H groups in total. The van der Waals surface area contributed by atoms with Crippen LogP contribution in [0.1, 0.15) is 34.6 Å². The summed E-state index contributed by atoms with van der Waals surface area (Å²) in [5.41, 5.74) is 0. The van der Waals surface area contributed by atoms with Gasteiger partial charge in [0.25, 0.3) is 0 Å². The number of nitrogens with zero attached hydrogens (tertiary/aromatic N) is 1. The molecule has 1 aliphatic heterocycles. The van der Waals surface area contributed by atoms with Gasteiger partial charge in [0, 0.05) is 18.1 Å². The predicted molar refractivity (Wildman–Crippen MR) is 51.3 cm³/mol. The lowest BCUT2D eigenvalue weighted by molar-refractivity contribution is -0.0966. The largest absolute Gasteiger partial charge is 0.375 e. The van der Waals surface area contributed by atoms with Crippen molar-refractivity contribution in [2.24, 2.45) is 0 Å². The average molecular weight is 171 g/mol. The molecule has 0 saturated carbocycles. The third kappa shape index (κ3) is 1.80. The van der Waals surface area contributed by atoms with Crippen molar-refractivity contribution in [3.63, 3.8) is 0 Å². The van der Waals surface area contributed by atoms with E-state index in [9.17, 15) is 0 Å². The van der Waals surface area contributed by atoms with Crippen molar-refractivity contribution in [2.75, 3.05) is 6.61 Å². The first kappa shape index (κ1) is 10.0. The quantitative estimate of drug-likeness (QED) is 0.597. The van der Waals surface area contributed by atoms with E-state index in [0.29, 0.717) is 24.2 Å². The molecule has 72 valence electrons. The van der Waals surface area contributed by atoms with Gasteiger partial charge in [0.1, 0.15) is 0 Å². The molecule has 0 spiro atoms. The molecular formula is C10H21NO. The highest BCUT2D eigenvalue weighted by molar-refractivity contribution is 4.84. The molecule has 12 heavy (non-hydrogen) atoms. The molecule has 0 aromatic heterocycles. The fourth-order valence-corrected chi connectivity index (χ4v) is 2.14. The SMILES string of the molecule is CC(C)N1[C@H](C)CO[C@@H](C)[C@@H]1C. The van der Waals surface area contributed by atoms with Crippen LogP contribution in [0.3, 0.4) is 0 Å². The van der Waals surface area contributed by atoms with Crippen LogP contribution in [-0.2, 0) is 4.74 Å². The van der Waals surface area contributed by atoms with Crippen molar-refractivity contribution in [3.05, 3.63) is 0 Å². The fourth-order valence-electron chi connectivity index (χ4n) is 2.14. The van der Waals surface area contributed by atoms with Crippen LogP contribution in [0, 0.1) is 0 Å². The molecule has 1 rings (SSSR count). The van der Waals surface area contributed by atoms with Crippen LogP contribution in [0.2, 0.25) is 0 Å². The Bertz CT molecular complexity index is 147. The van der Waals surface area contributed by atoms with Crippen molar-refractivity contribution in [1.29, 1.82) is 0 Å². The molecule has 3 atom stereocenters. The molecule has 1 saturated heterocycles. The average Bonchev–Trinajstić information content (AvgIpc) is 1.97. The van der Waals surface area contributed by atoms with E-state index in [4.69, 9.17) is 4.74 Å². The molecule has 1 heterocycles. The first-order valence-electron chi connectivity index (χ1n) is 4.93. The van der Waals surface area contributed by atoms with E-state index >= 15 is 0 Å². The van der Waals surface area contributed by atoms with Crippen LogP contribution < -0.4 is 0 Å². The number of morpholine rings is 1. The van der Waals surface area contributed by atoms with E-state index in [1.54, 1.807) is 0 Å². The molecule has 0 amide bonds. The Balaban J connectivity index is 2.65. The second-order valence-corrected chi connectivity index (χ2v) is 4.17. The van der Waals surface area contributed by atoms with Gasteiger partial charge in [-0.2, -0.15) is 0 Å². The van der Waals surface area contributed by atoms with Crippen molar-refractivity contribution in [1.82, 2.24) is 4.90 Å². The summed E-state index contributed by atoms with van der Waals surface area (Å²) in [7, 11) is 0. The summed E-state index contributed by atoms with van der Waals surface area (Å²) in [5.74, 6) is 0. The highest BCUT2D eigenvalue weighted by Crippen LogP contribution is 2.20. The van der Waals surface area contributed by atoms with Gasteiger partial charge in [0.2, 0.25) is 0 Å².